The van der Waals surface area contributed by atoms with Gasteiger partial charge in [-0.25, -0.2) is 0 Å². The molecule has 1 saturated heterocycles. The van der Waals surface area contributed by atoms with Crippen LogP contribution in [-0.4, -0.2) is 42.7 Å². The van der Waals surface area contributed by atoms with Gasteiger partial charge in [-0.2, -0.15) is 0 Å². The van der Waals surface area contributed by atoms with Crippen molar-refractivity contribution >= 4 is 29.2 Å². The van der Waals surface area contributed by atoms with Gasteiger partial charge in [0, 0.05) is 39.1 Å². The maximum Gasteiger partial charge on any atom is 0.306 e. The number of nitrogens with zero attached hydrogens (tertiary/aromatic N) is 1. The van der Waals surface area contributed by atoms with E-state index in [1.807, 2.05) is 51.1 Å². The van der Waals surface area contributed by atoms with E-state index in [-0.39, 0.29) is 11.4 Å². The van der Waals surface area contributed by atoms with Crippen LogP contribution in [0.4, 0.5) is 0 Å². The highest BCUT2D eigenvalue weighted by Gasteiger charge is 2.43. The summed E-state index contributed by atoms with van der Waals surface area (Å²) in [4.78, 5) is 14.4. The molecule has 0 atom stereocenters. The maximum atomic E-state index is 11.9. The predicted molar refractivity (Wildman–Crippen MR) is 135 cm³/mol. The van der Waals surface area contributed by atoms with Gasteiger partial charge in [0.15, 0.2) is 0 Å². The third kappa shape index (κ3) is 5.99. The van der Waals surface area contributed by atoms with Gasteiger partial charge in [-0.15, -0.1) is 0 Å². The van der Waals surface area contributed by atoms with Gasteiger partial charge in [0.2, 0.25) is 0 Å². The molecule has 5 nitrogen and oxygen atoms in total. The number of esters is 1. The molecule has 0 radical (unpaired) electrons. The number of benzene rings is 2. The second-order valence-electron chi connectivity index (χ2n) is 10.2. The number of piperidine rings is 1. The monoisotopic (exact) mass is 505 g/mol. The standard InChI is InChI=1S/C27H33Cl2NO4/c1-26(2,3)34-25(31)8-5-13-30-14-11-27(12-15-30)18-33-24-16-19(9-10-21(24)27)32-17-20-22(28)6-4-7-23(20)29/h4,6-7,9-10,16H,5,8,11-15,17-18H2,1-3H3. The Balaban J connectivity index is 1.29. The molecule has 2 aromatic rings. The number of fused-ring (bicyclic) bond motifs is 2. The van der Waals surface area contributed by atoms with Crippen molar-refractivity contribution in [1.29, 1.82) is 0 Å². The number of carbonyl (C=O) groups excluding carboxylic acids is 1. The molecule has 0 N–H and O–H groups in total. The number of halogens is 2. The second kappa shape index (κ2) is 10.3. The van der Waals surface area contributed by atoms with E-state index >= 15 is 0 Å². The second-order valence-corrected chi connectivity index (χ2v) is 11.1. The third-order valence-electron chi connectivity index (χ3n) is 6.56. The van der Waals surface area contributed by atoms with Crippen molar-refractivity contribution < 1.29 is 19.0 Å². The van der Waals surface area contributed by atoms with E-state index in [1.54, 1.807) is 0 Å². The Hall–Kier alpha value is -1.95. The largest absolute Gasteiger partial charge is 0.492 e. The summed E-state index contributed by atoms with van der Waals surface area (Å²) in [5, 5.41) is 1.20. The summed E-state index contributed by atoms with van der Waals surface area (Å²) in [6.45, 7) is 9.63. The summed E-state index contributed by atoms with van der Waals surface area (Å²) in [6, 6.07) is 11.6. The van der Waals surface area contributed by atoms with Crippen LogP contribution in [0.25, 0.3) is 0 Å². The summed E-state index contributed by atoms with van der Waals surface area (Å²) >= 11 is 12.5. The molecule has 34 heavy (non-hydrogen) atoms. The molecule has 2 aliphatic rings. The van der Waals surface area contributed by atoms with Gasteiger partial charge in [0.25, 0.3) is 0 Å². The fraction of sp³-hybridized carbons (Fsp3) is 0.519. The summed E-state index contributed by atoms with van der Waals surface area (Å²) in [5.41, 5.74) is 1.69. The van der Waals surface area contributed by atoms with Crippen molar-refractivity contribution in [2.45, 2.75) is 64.1 Å². The van der Waals surface area contributed by atoms with Crippen molar-refractivity contribution in [3.63, 3.8) is 0 Å². The first kappa shape index (κ1) is 25.2. The predicted octanol–water partition coefficient (Wildman–Crippen LogP) is 6.42. The molecule has 2 aliphatic heterocycles. The molecule has 0 saturated carbocycles. The molecule has 4 rings (SSSR count). The lowest BCUT2D eigenvalue weighted by Gasteiger charge is -2.38. The van der Waals surface area contributed by atoms with Crippen molar-refractivity contribution in [2.24, 2.45) is 0 Å². The Bertz CT molecular complexity index is 1010. The van der Waals surface area contributed by atoms with Crippen LogP contribution in [0.2, 0.25) is 10.0 Å². The van der Waals surface area contributed by atoms with Crippen LogP contribution in [0, 0.1) is 0 Å². The Labute approximate surface area is 212 Å². The van der Waals surface area contributed by atoms with Gasteiger partial charge in [-0.05, 0) is 77.9 Å². The van der Waals surface area contributed by atoms with E-state index < -0.39 is 5.60 Å². The Morgan fingerprint density at radius 2 is 1.82 bits per heavy atom. The summed E-state index contributed by atoms with van der Waals surface area (Å²) < 4.78 is 17.5. The van der Waals surface area contributed by atoms with E-state index in [1.165, 1.54) is 5.56 Å². The molecule has 1 spiro atoms. The SMILES string of the molecule is CC(C)(C)OC(=O)CCCN1CCC2(CC1)COc1cc(OCc3c(Cl)cccc3Cl)ccc12. The lowest BCUT2D eigenvalue weighted by molar-refractivity contribution is -0.155. The Morgan fingerprint density at radius 3 is 2.50 bits per heavy atom. The van der Waals surface area contributed by atoms with Gasteiger partial charge >= 0.3 is 5.97 Å². The molecule has 7 heteroatoms. The molecule has 0 aliphatic carbocycles. The average molecular weight is 506 g/mol. The molecule has 2 aromatic carbocycles. The lowest BCUT2D eigenvalue weighted by Crippen LogP contribution is -2.44. The van der Waals surface area contributed by atoms with Gasteiger partial charge in [0.1, 0.15) is 23.7 Å². The fourth-order valence-corrected chi connectivity index (χ4v) is 5.23. The van der Waals surface area contributed by atoms with Crippen LogP contribution in [0.5, 0.6) is 11.5 Å². The highest BCUT2D eigenvalue weighted by atomic mass is 35.5. The van der Waals surface area contributed by atoms with E-state index in [0.717, 1.165) is 56.0 Å². The number of hydrogen-bond donors (Lipinski definition) is 0. The lowest BCUT2D eigenvalue weighted by atomic mass is 9.74. The topological polar surface area (TPSA) is 48.0 Å². The minimum atomic E-state index is -0.420. The first-order chi connectivity index (χ1) is 16.2. The first-order valence-corrected chi connectivity index (χ1v) is 12.7. The van der Waals surface area contributed by atoms with Crippen molar-refractivity contribution in [3.05, 3.63) is 57.6 Å². The van der Waals surface area contributed by atoms with Crippen LogP contribution < -0.4 is 9.47 Å². The summed E-state index contributed by atoms with van der Waals surface area (Å²) in [5.74, 6) is 1.53. The van der Waals surface area contributed by atoms with Crippen molar-refractivity contribution in [1.82, 2.24) is 4.90 Å². The number of likely N-dealkylation sites (tertiary alicyclic amines) is 1. The Morgan fingerprint density at radius 1 is 1.12 bits per heavy atom. The fourth-order valence-electron chi connectivity index (χ4n) is 4.73. The van der Waals surface area contributed by atoms with Crippen LogP contribution in [0.15, 0.2) is 36.4 Å². The van der Waals surface area contributed by atoms with E-state index in [4.69, 9.17) is 37.4 Å². The zero-order valence-corrected chi connectivity index (χ0v) is 21.7. The highest BCUT2D eigenvalue weighted by Crippen LogP contribution is 2.46. The zero-order chi connectivity index (χ0) is 24.3. The average Bonchev–Trinajstić information content (AvgIpc) is 3.11. The smallest absolute Gasteiger partial charge is 0.306 e. The minimum absolute atomic E-state index is 0.0571. The molecule has 1 fully saturated rings. The Kier molecular flexibility index (Phi) is 7.66. The quantitative estimate of drug-likeness (QED) is 0.406. The molecular formula is C27H33Cl2NO4. The maximum absolute atomic E-state index is 11.9. The van der Waals surface area contributed by atoms with Crippen LogP contribution >= 0.6 is 23.2 Å². The molecule has 0 amide bonds. The molecular weight excluding hydrogens is 473 g/mol. The third-order valence-corrected chi connectivity index (χ3v) is 7.27. The number of rotatable bonds is 7. The molecule has 0 bridgehead atoms. The normalized spacial score (nSPS) is 17.3. The van der Waals surface area contributed by atoms with Gasteiger partial charge in [-0.3, -0.25) is 4.79 Å². The van der Waals surface area contributed by atoms with E-state index in [2.05, 4.69) is 11.0 Å². The van der Waals surface area contributed by atoms with Crippen LogP contribution in [-0.2, 0) is 21.6 Å². The molecule has 184 valence electrons. The van der Waals surface area contributed by atoms with E-state index in [9.17, 15) is 4.79 Å². The van der Waals surface area contributed by atoms with Crippen molar-refractivity contribution in [2.75, 3.05) is 26.2 Å². The molecule has 0 aromatic heterocycles. The van der Waals surface area contributed by atoms with Crippen LogP contribution in [0.3, 0.4) is 0 Å². The first-order valence-electron chi connectivity index (χ1n) is 11.9. The summed E-state index contributed by atoms with van der Waals surface area (Å²) in [6.07, 6.45) is 3.38. The van der Waals surface area contributed by atoms with E-state index in [0.29, 0.717) is 29.7 Å². The number of hydrogen-bond acceptors (Lipinski definition) is 5. The molecule has 0 unspecified atom stereocenters. The zero-order valence-electron chi connectivity index (χ0n) is 20.2. The van der Waals surface area contributed by atoms with Gasteiger partial charge in [0.05, 0.1) is 6.61 Å². The molecule has 2 heterocycles. The summed E-state index contributed by atoms with van der Waals surface area (Å²) in [7, 11) is 0. The number of ether oxygens (including phenoxy) is 3. The minimum Gasteiger partial charge on any atom is -0.492 e. The highest BCUT2D eigenvalue weighted by molar-refractivity contribution is 6.35. The number of carbonyl (C=O) groups is 1. The van der Waals surface area contributed by atoms with Gasteiger partial charge < -0.3 is 19.1 Å². The van der Waals surface area contributed by atoms with Crippen LogP contribution in [0.1, 0.15) is 57.6 Å². The van der Waals surface area contributed by atoms with Crippen molar-refractivity contribution in [3.8, 4) is 11.5 Å². The van der Waals surface area contributed by atoms with Gasteiger partial charge in [-0.1, -0.05) is 35.3 Å².